The molecule has 1 saturated heterocycles. The second-order valence-electron chi connectivity index (χ2n) is 9.13. The van der Waals surface area contributed by atoms with Gasteiger partial charge in [-0.2, -0.15) is 18.3 Å². The van der Waals surface area contributed by atoms with Crippen LogP contribution in [0.3, 0.4) is 0 Å². The van der Waals surface area contributed by atoms with Gasteiger partial charge in [-0.3, -0.25) is 4.79 Å². The van der Waals surface area contributed by atoms with Crippen molar-refractivity contribution in [3.05, 3.63) is 77.5 Å². The highest BCUT2D eigenvalue weighted by Crippen LogP contribution is 2.36. The van der Waals surface area contributed by atoms with Gasteiger partial charge in [0.25, 0.3) is 5.91 Å². The molecule has 5 nitrogen and oxygen atoms in total. The van der Waals surface area contributed by atoms with Crippen molar-refractivity contribution < 1.29 is 18.0 Å². The van der Waals surface area contributed by atoms with Gasteiger partial charge < -0.3 is 4.90 Å². The van der Waals surface area contributed by atoms with Crippen molar-refractivity contribution in [2.75, 3.05) is 13.1 Å². The van der Waals surface area contributed by atoms with Crippen LogP contribution in [0.5, 0.6) is 0 Å². The molecule has 0 radical (unpaired) electrons. The van der Waals surface area contributed by atoms with Gasteiger partial charge in [0.15, 0.2) is 5.65 Å². The fourth-order valence-electron chi connectivity index (χ4n) is 4.82. The van der Waals surface area contributed by atoms with Gasteiger partial charge >= 0.3 is 6.18 Å². The Bertz CT molecular complexity index is 1400. The van der Waals surface area contributed by atoms with Crippen LogP contribution in [0.1, 0.15) is 41.4 Å². The third-order valence-electron chi connectivity index (χ3n) is 6.49. The molecular formula is C27H25F3N4O. The Morgan fingerprint density at radius 3 is 2.49 bits per heavy atom. The van der Waals surface area contributed by atoms with E-state index in [1.807, 2.05) is 35.2 Å². The number of piperidine rings is 1. The molecular weight excluding hydrogens is 453 g/mol. The zero-order valence-corrected chi connectivity index (χ0v) is 19.5. The van der Waals surface area contributed by atoms with E-state index in [-0.39, 0.29) is 17.2 Å². The molecule has 0 N–H and O–H groups in total. The lowest BCUT2D eigenvalue weighted by atomic mass is 9.98. The van der Waals surface area contributed by atoms with Crippen molar-refractivity contribution in [3.63, 3.8) is 0 Å². The number of fused-ring (bicyclic) bond motifs is 1. The predicted molar refractivity (Wildman–Crippen MR) is 128 cm³/mol. The number of hydrogen-bond donors (Lipinski definition) is 0. The Hall–Kier alpha value is -3.68. The number of alkyl halides is 3. The topological polar surface area (TPSA) is 51.0 Å². The van der Waals surface area contributed by atoms with Gasteiger partial charge in [0.2, 0.25) is 0 Å². The predicted octanol–water partition coefficient (Wildman–Crippen LogP) is 6.29. The summed E-state index contributed by atoms with van der Waals surface area (Å²) < 4.78 is 42.8. The van der Waals surface area contributed by atoms with Gasteiger partial charge in [-0.1, -0.05) is 49.4 Å². The lowest BCUT2D eigenvalue weighted by Gasteiger charge is -2.31. The zero-order chi connectivity index (χ0) is 24.7. The number of hydrogen-bond acceptors (Lipinski definition) is 3. The van der Waals surface area contributed by atoms with Crippen LogP contribution in [0.25, 0.3) is 28.0 Å². The molecule has 0 unspecified atom stereocenters. The first-order valence-corrected chi connectivity index (χ1v) is 11.7. The van der Waals surface area contributed by atoms with E-state index in [1.54, 1.807) is 13.0 Å². The van der Waals surface area contributed by atoms with Crippen molar-refractivity contribution in [3.8, 4) is 16.9 Å². The average molecular weight is 479 g/mol. The fraction of sp³-hybridized carbons (Fsp3) is 0.296. The summed E-state index contributed by atoms with van der Waals surface area (Å²) in [4.78, 5) is 20.3. The Kier molecular flexibility index (Phi) is 5.83. The summed E-state index contributed by atoms with van der Waals surface area (Å²) in [6, 6.07) is 16.3. The summed E-state index contributed by atoms with van der Waals surface area (Å²) in [6.45, 7) is 5.12. The van der Waals surface area contributed by atoms with Crippen LogP contribution in [0, 0.1) is 12.8 Å². The number of carbonyl (C=O) groups excluding carboxylic acids is 1. The van der Waals surface area contributed by atoms with Crippen LogP contribution in [0.4, 0.5) is 13.2 Å². The van der Waals surface area contributed by atoms with Crippen molar-refractivity contribution in [1.82, 2.24) is 19.7 Å². The molecule has 2 aromatic heterocycles. The minimum Gasteiger partial charge on any atom is -0.338 e. The molecule has 0 aliphatic carbocycles. The number of para-hydroxylation sites is 1. The molecule has 180 valence electrons. The molecule has 4 aromatic rings. The zero-order valence-electron chi connectivity index (χ0n) is 19.5. The number of likely N-dealkylation sites (tertiary alicyclic amines) is 1. The van der Waals surface area contributed by atoms with Crippen molar-refractivity contribution in [2.24, 2.45) is 5.92 Å². The van der Waals surface area contributed by atoms with Gasteiger partial charge in [-0.15, -0.1) is 0 Å². The van der Waals surface area contributed by atoms with Crippen molar-refractivity contribution in [2.45, 2.75) is 32.9 Å². The number of rotatable bonds is 3. The first kappa shape index (κ1) is 23.1. The quantitative estimate of drug-likeness (QED) is 0.348. The van der Waals surface area contributed by atoms with Gasteiger partial charge in [0.05, 0.1) is 33.6 Å². The van der Waals surface area contributed by atoms with Crippen LogP contribution in [-0.4, -0.2) is 38.7 Å². The normalized spacial score (nSPS) is 16.6. The van der Waals surface area contributed by atoms with Crippen LogP contribution in [0.15, 0.2) is 60.7 Å². The Balaban J connectivity index is 1.77. The van der Waals surface area contributed by atoms with Crippen molar-refractivity contribution in [1.29, 1.82) is 0 Å². The third-order valence-corrected chi connectivity index (χ3v) is 6.49. The summed E-state index contributed by atoms with van der Waals surface area (Å²) in [6.07, 6.45) is -2.58. The van der Waals surface area contributed by atoms with Crippen LogP contribution >= 0.6 is 0 Å². The Labute approximate surface area is 201 Å². The fourth-order valence-corrected chi connectivity index (χ4v) is 4.82. The Morgan fingerprint density at radius 1 is 1.06 bits per heavy atom. The SMILES string of the molecule is Cc1nn(-c2ccccc2C(F)(F)F)c2nc(-c3ccccc3)cc(C(=O)N3CCC[C@H](C)C3)c12. The van der Waals surface area contributed by atoms with E-state index in [2.05, 4.69) is 12.0 Å². The van der Waals surface area contributed by atoms with E-state index in [9.17, 15) is 18.0 Å². The lowest BCUT2D eigenvalue weighted by Crippen LogP contribution is -2.39. The second kappa shape index (κ2) is 8.83. The van der Waals surface area contributed by atoms with Gasteiger partial charge in [0, 0.05) is 18.7 Å². The molecule has 8 heteroatoms. The van der Waals surface area contributed by atoms with Gasteiger partial charge in [-0.05, 0) is 43.9 Å². The smallest absolute Gasteiger partial charge is 0.338 e. The third kappa shape index (κ3) is 4.29. The molecule has 5 rings (SSSR count). The van der Waals surface area contributed by atoms with E-state index in [1.165, 1.54) is 22.9 Å². The molecule has 1 amide bonds. The van der Waals surface area contributed by atoms with Crippen LogP contribution in [0.2, 0.25) is 0 Å². The number of pyridine rings is 1. The minimum absolute atomic E-state index is 0.124. The summed E-state index contributed by atoms with van der Waals surface area (Å²) in [7, 11) is 0. The highest BCUT2D eigenvalue weighted by molar-refractivity contribution is 6.07. The molecule has 1 fully saturated rings. The second-order valence-corrected chi connectivity index (χ2v) is 9.13. The van der Waals surface area contributed by atoms with E-state index < -0.39 is 11.7 Å². The average Bonchev–Trinajstić information content (AvgIpc) is 3.19. The largest absolute Gasteiger partial charge is 0.418 e. The van der Waals surface area contributed by atoms with Crippen molar-refractivity contribution >= 4 is 16.9 Å². The summed E-state index contributed by atoms with van der Waals surface area (Å²) in [5, 5.41) is 4.93. The standard InChI is InChI=1S/C27H25F3N4O/c1-17-9-8-14-33(16-17)26(35)20-15-22(19-10-4-3-5-11-19)31-25-24(20)18(2)32-34(25)23-13-7-6-12-21(23)27(28,29)30/h3-7,10-13,15,17H,8-9,14,16H2,1-2H3/t17-/m0/s1. The monoisotopic (exact) mass is 478 g/mol. The minimum atomic E-state index is -4.57. The number of aryl methyl sites for hydroxylation is 1. The maximum absolute atomic E-state index is 13.8. The van der Waals surface area contributed by atoms with Crippen LogP contribution < -0.4 is 0 Å². The number of halogens is 3. The molecule has 0 bridgehead atoms. The van der Waals surface area contributed by atoms with Gasteiger partial charge in [-0.25, -0.2) is 9.67 Å². The summed E-state index contributed by atoms with van der Waals surface area (Å²) in [5.41, 5.74) is 1.44. The number of amides is 1. The molecule has 1 aliphatic heterocycles. The Morgan fingerprint density at radius 2 is 1.77 bits per heavy atom. The maximum atomic E-state index is 13.8. The maximum Gasteiger partial charge on any atom is 0.418 e. The lowest BCUT2D eigenvalue weighted by molar-refractivity contribution is -0.137. The molecule has 35 heavy (non-hydrogen) atoms. The van der Waals surface area contributed by atoms with E-state index in [0.717, 1.165) is 24.5 Å². The molecule has 2 aromatic carbocycles. The summed E-state index contributed by atoms with van der Waals surface area (Å²) >= 11 is 0. The molecule has 1 atom stereocenters. The molecule has 3 heterocycles. The summed E-state index contributed by atoms with van der Waals surface area (Å²) in [5.74, 6) is 0.244. The van der Waals surface area contributed by atoms with Crippen LogP contribution in [-0.2, 0) is 6.18 Å². The first-order valence-electron chi connectivity index (χ1n) is 11.7. The highest BCUT2D eigenvalue weighted by Gasteiger charge is 2.35. The van der Waals surface area contributed by atoms with E-state index in [0.29, 0.717) is 41.3 Å². The number of nitrogens with zero attached hydrogens (tertiary/aromatic N) is 4. The molecule has 0 saturated carbocycles. The number of carbonyl (C=O) groups is 1. The first-order chi connectivity index (χ1) is 16.7. The highest BCUT2D eigenvalue weighted by atomic mass is 19.4. The van der Waals surface area contributed by atoms with E-state index >= 15 is 0 Å². The van der Waals surface area contributed by atoms with Gasteiger partial charge in [0.1, 0.15) is 0 Å². The number of aromatic nitrogens is 3. The van der Waals surface area contributed by atoms with E-state index in [4.69, 9.17) is 4.98 Å². The number of benzene rings is 2. The molecule has 0 spiro atoms. The molecule has 1 aliphatic rings.